The Kier molecular flexibility index (Phi) is 2.78. The summed E-state index contributed by atoms with van der Waals surface area (Å²) in [6.07, 6.45) is 0. The van der Waals surface area contributed by atoms with Crippen LogP contribution in [0.3, 0.4) is 0 Å². The van der Waals surface area contributed by atoms with E-state index in [4.69, 9.17) is 5.73 Å². The Morgan fingerprint density at radius 3 is 2.33 bits per heavy atom. The van der Waals surface area contributed by atoms with Gasteiger partial charge < -0.3 is 5.73 Å². The van der Waals surface area contributed by atoms with Gasteiger partial charge in [0.05, 0.1) is 0 Å². The van der Waals surface area contributed by atoms with E-state index in [1.807, 2.05) is 13.8 Å². The van der Waals surface area contributed by atoms with Gasteiger partial charge in [-0.25, -0.2) is 0 Å². The van der Waals surface area contributed by atoms with Gasteiger partial charge in [-0.1, -0.05) is 6.07 Å². The molecule has 2 N–H and O–H groups in total. The maximum Gasteiger partial charge on any atom is 0.0355 e. The molecule has 1 aromatic carbocycles. The Hall–Kier alpha value is -0.0900. The molecule has 1 aromatic rings. The number of halogens is 1. The third-order valence-electron chi connectivity index (χ3n) is 1.88. The molecule has 0 aromatic heterocycles. The number of nitrogens with two attached hydrogens (primary N) is 1. The van der Waals surface area contributed by atoms with E-state index in [1.54, 1.807) is 0 Å². The summed E-state index contributed by atoms with van der Waals surface area (Å²) < 4.78 is 1.26. The molecule has 0 heterocycles. The summed E-state index contributed by atoms with van der Waals surface area (Å²) in [5.74, 6) is 0. The summed E-state index contributed by atoms with van der Waals surface area (Å²) in [6, 6.07) is 6.36. The lowest BCUT2D eigenvalue weighted by Gasteiger charge is -2.21. The highest BCUT2D eigenvalue weighted by molar-refractivity contribution is 14.1. The van der Waals surface area contributed by atoms with Crippen LogP contribution >= 0.6 is 22.6 Å². The minimum atomic E-state index is -0.228. The van der Waals surface area contributed by atoms with Crippen molar-refractivity contribution in [3.63, 3.8) is 0 Å². The van der Waals surface area contributed by atoms with Crippen molar-refractivity contribution in [3.8, 4) is 0 Å². The van der Waals surface area contributed by atoms with E-state index in [0.717, 1.165) is 0 Å². The van der Waals surface area contributed by atoms with E-state index >= 15 is 0 Å². The van der Waals surface area contributed by atoms with Gasteiger partial charge >= 0.3 is 0 Å². The van der Waals surface area contributed by atoms with Crippen molar-refractivity contribution in [2.24, 2.45) is 5.73 Å². The van der Waals surface area contributed by atoms with Crippen molar-refractivity contribution in [3.05, 3.63) is 32.9 Å². The average Bonchev–Trinajstić information content (AvgIpc) is 1.83. The molecule has 0 atom stereocenters. The number of hydrogen-bond donors (Lipinski definition) is 1. The highest BCUT2D eigenvalue weighted by atomic mass is 127. The Morgan fingerprint density at radius 2 is 1.92 bits per heavy atom. The van der Waals surface area contributed by atoms with Crippen molar-refractivity contribution in [2.45, 2.75) is 26.3 Å². The van der Waals surface area contributed by atoms with E-state index in [1.165, 1.54) is 14.7 Å². The zero-order valence-corrected chi connectivity index (χ0v) is 9.84. The number of rotatable bonds is 1. The second kappa shape index (κ2) is 3.34. The fourth-order valence-corrected chi connectivity index (χ4v) is 2.00. The lowest BCUT2D eigenvalue weighted by atomic mass is 9.92. The first-order chi connectivity index (χ1) is 5.41. The first kappa shape index (κ1) is 9.99. The molecule has 1 nitrogen and oxygen atoms in total. The predicted octanol–water partition coefficient (Wildman–Crippen LogP) is 2.79. The van der Waals surface area contributed by atoms with Crippen LogP contribution < -0.4 is 5.73 Å². The first-order valence-corrected chi connectivity index (χ1v) is 5.04. The number of hydrogen-bond acceptors (Lipinski definition) is 1. The zero-order chi connectivity index (χ0) is 9.35. The van der Waals surface area contributed by atoms with Crippen molar-refractivity contribution >= 4 is 22.6 Å². The van der Waals surface area contributed by atoms with Gasteiger partial charge in [0.2, 0.25) is 0 Å². The Bertz CT molecular complexity index is 286. The largest absolute Gasteiger partial charge is 0.322 e. The molecule has 0 bridgehead atoms. The van der Waals surface area contributed by atoms with Crippen molar-refractivity contribution in [2.75, 3.05) is 0 Å². The van der Waals surface area contributed by atoms with Crippen molar-refractivity contribution < 1.29 is 0 Å². The molecule has 0 aliphatic rings. The summed E-state index contributed by atoms with van der Waals surface area (Å²) in [4.78, 5) is 0. The lowest BCUT2D eigenvalue weighted by Crippen LogP contribution is -2.29. The maximum absolute atomic E-state index is 6.01. The van der Waals surface area contributed by atoms with Gasteiger partial charge in [-0.3, -0.25) is 0 Å². The molecule has 0 spiro atoms. The molecule has 66 valence electrons. The highest BCUT2D eigenvalue weighted by Crippen LogP contribution is 2.22. The summed E-state index contributed by atoms with van der Waals surface area (Å²) in [5, 5.41) is 0. The summed E-state index contributed by atoms with van der Waals surface area (Å²) >= 11 is 2.31. The van der Waals surface area contributed by atoms with E-state index in [9.17, 15) is 0 Å². The molecule has 0 saturated heterocycles. The second-order valence-electron chi connectivity index (χ2n) is 3.68. The van der Waals surface area contributed by atoms with Crippen LogP contribution in [-0.4, -0.2) is 0 Å². The van der Waals surface area contributed by atoms with Gasteiger partial charge in [-0.05, 0) is 66.6 Å². The standard InChI is InChI=1S/C10H14IN/c1-7-6-8(11)4-5-9(7)10(2,3)12/h4-6H,12H2,1-3H3. The topological polar surface area (TPSA) is 26.0 Å². The number of benzene rings is 1. The van der Waals surface area contributed by atoms with Gasteiger partial charge in [-0.2, -0.15) is 0 Å². The molecular weight excluding hydrogens is 261 g/mol. The molecule has 0 aliphatic heterocycles. The third-order valence-corrected chi connectivity index (χ3v) is 2.55. The Labute approximate surface area is 87.5 Å². The van der Waals surface area contributed by atoms with Crippen LogP contribution in [0.2, 0.25) is 0 Å². The first-order valence-electron chi connectivity index (χ1n) is 3.97. The van der Waals surface area contributed by atoms with E-state index < -0.39 is 0 Å². The molecule has 12 heavy (non-hydrogen) atoms. The van der Waals surface area contributed by atoms with Gasteiger partial charge in [0, 0.05) is 9.11 Å². The average molecular weight is 275 g/mol. The highest BCUT2D eigenvalue weighted by Gasteiger charge is 2.15. The SMILES string of the molecule is Cc1cc(I)ccc1C(C)(C)N. The maximum atomic E-state index is 6.01. The molecule has 0 fully saturated rings. The quantitative estimate of drug-likeness (QED) is 0.784. The summed E-state index contributed by atoms with van der Waals surface area (Å²) in [5.41, 5.74) is 8.27. The van der Waals surface area contributed by atoms with E-state index in [2.05, 4.69) is 47.7 Å². The van der Waals surface area contributed by atoms with Gasteiger partial charge in [0.15, 0.2) is 0 Å². The minimum Gasteiger partial charge on any atom is -0.322 e. The molecule has 2 heteroatoms. The molecule has 1 rings (SSSR count). The number of aryl methyl sites for hydroxylation is 1. The predicted molar refractivity (Wildman–Crippen MR) is 61.1 cm³/mol. The zero-order valence-electron chi connectivity index (χ0n) is 7.69. The van der Waals surface area contributed by atoms with Crippen LogP contribution in [0.15, 0.2) is 18.2 Å². The van der Waals surface area contributed by atoms with E-state index in [-0.39, 0.29) is 5.54 Å². The van der Waals surface area contributed by atoms with Crippen LogP contribution in [-0.2, 0) is 5.54 Å². The Morgan fingerprint density at radius 1 is 1.33 bits per heavy atom. The fraction of sp³-hybridized carbons (Fsp3) is 0.400. The van der Waals surface area contributed by atoms with E-state index in [0.29, 0.717) is 0 Å². The van der Waals surface area contributed by atoms with Crippen LogP contribution in [0.1, 0.15) is 25.0 Å². The molecule has 0 saturated carbocycles. The molecule has 0 amide bonds. The van der Waals surface area contributed by atoms with Gasteiger partial charge in [0.25, 0.3) is 0 Å². The van der Waals surface area contributed by atoms with Crippen LogP contribution in [0.5, 0.6) is 0 Å². The van der Waals surface area contributed by atoms with Crippen LogP contribution in [0, 0.1) is 10.5 Å². The monoisotopic (exact) mass is 275 g/mol. The minimum absolute atomic E-state index is 0.228. The Balaban J connectivity index is 3.19. The second-order valence-corrected chi connectivity index (χ2v) is 4.93. The molecule has 0 aliphatic carbocycles. The summed E-state index contributed by atoms with van der Waals surface area (Å²) in [7, 11) is 0. The van der Waals surface area contributed by atoms with Gasteiger partial charge in [-0.15, -0.1) is 0 Å². The molecular formula is C10H14IN. The van der Waals surface area contributed by atoms with Crippen molar-refractivity contribution in [1.29, 1.82) is 0 Å². The lowest BCUT2D eigenvalue weighted by molar-refractivity contribution is 0.550. The summed E-state index contributed by atoms with van der Waals surface area (Å²) in [6.45, 7) is 6.16. The third kappa shape index (κ3) is 2.20. The van der Waals surface area contributed by atoms with Crippen LogP contribution in [0.25, 0.3) is 0 Å². The van der Waals surface area contributed by atoms with Crippen molar-refractivity contribution in [1.82, 2.24) is 0 Å². The molecule has 0 radical (unpaired) electrons. The van der Waals surface area contributed by atoms with Crippen LogP contribution in [0.4, 0.5) is 0 Å². The normalized spacial score (nSPS) is 11.8. The molecule has 0 unspecified atom stereocenters. The smallest absolute Gasteiger partial charge is 0.0355 e. The fourth-order valence-electron chi connectivity index (χ4n) is 1.35. The van der Waals surface area contributed by atoms with Gasteiger partial charge in [0.1, 0.15) is 0 Å².